The SMILES string of the molecule is C[N+](C)(C)CCCOC(=O)CCSCC(O)CO. The molecule has 1 unspecified atom stereocenters. The average Bonchev–Trinajstić information content (AvgIpc) is 2.28. The predicted octanol–water partition coefficient (Wildman–Crippen LogP) is 0.102. The molecule has 0 bridgehead atoms. The lowest BCUT2D eigenvalue weighted by atomic mass is 10.4. The van der Waals surface area contributed by atoms with Crippen molar-refractivity contribution in [3.8, 4) is 0 Å². The van der Waals surface area contributed by atoms with E-state index >= 15 is 0 Å². The van der Waals surface area contributed by atoms with E-state index in [1.165, 1.54) is 11.8 Å². The van der Waals surface area contributed by atoms with E-state index in [0.717, 1.165) is 17.4 Å². The molecule has 0 aliphatic heterocycles. The second-order valence-corrected chi connectivity index (χ2v) is 6.40. The largest absolute Gasteiger partial charge is 0.465 e. The Morgan fingerprint density at radius 3 is 2.61 bits per heavy atom. The summed E-state index contributed by atoms with van der Waals surface area (Å²) in [5.74, 6) is 0.874. The maximum Gasteiger partial charge on any atom is 0.306 e. The zero-order valence-corrected chi connectivity index (χ0v) is 12.4. The number of aliphatic hydroxyl groups is 2. The summed E-state index contributed by atoms with van der Waals surface area (Å²) >= 11 is 1.44. The molecule has 18 heavy (non-hydrogen) atoms. The number of carbonyl (C=O) groups excluding carboxylic acids is 1. The molecule has 0 radical (unpaired) electrons. The molecular formula is C12H26NO4S+. The fraction of sp³-hybridized carbons (Fsp3) is 0.917. The van der Waals surface area contributed by atoms with E-state index in [4.69, 9.17) is 14.9 Å². The van der Waals surface area contributed by atoms with Gasteiger partial charge in [-0.05, 0) is 0 Å². The smallest absolute Gasteiger partial charge is 0.306 e. The molecule has 0 rings (SSSR count). The third-order valence-electron chi connectivity index (χ3n) is 2.21. The van der Waals surface area contributed by atoms with Gasteiger partial charge in [0.2, 0.25) is 0 Å². The molecule has 0 amide bonds. The fourth-order valence-corrected chi connectivity index (χ4v) is 2.08. The minimum absolute atomic E-state index is 0.192. The molecule has 0 saturated heterocycles. The van der Waals surface area contributed by atoms with Crippen LogP contribution in [0.15, 0.2) is 0 Å². The van der Waals surface area contributed by atoms with Crippen LogP contribution < -0.4 is 0 Å². The van der Waals surface area contributed by atoms with Crippen LogP contribution in [0, 0.1) is 0 Å². The summed E-state index contributed by atoms with van der Waals surface area (Å²) in [5, 5.41) is 17.7. The van der Waals surface area contributed by atoms with Gasteiger partial charge in [0.05, 0.1) is 53.4 Å². The first kappa shape index (κ1) is 17.7. The minimum atomic E-state index is -0.699. The molecule has 0 aromatic carbocycles. The highest BCUT2D eigenvalue weighted by molar-refractivity contribution is 7.99. The van der Waals surface area contributed by atoms with Gasteiger partial charge in [-0.25, -0.2) is 0 Å². The lowest BCUT2D eigenvalue weighted by Gasteiger charge is -2.23. The Balaban J connectivity index is 3.38. The molecule has 0 spiro atoms. The molecule has 0 saturated carbocycles. The fourth-order valence-electron chi connectivity index (χ4n) is 1.22. The summed E-state index contributed by atoms with van der Waals surface area (Å²) in [6, 6.07) is 0. The molecule has 6 heteroatoms. The van der Waals surface area contributed by atoms with Gasteiger partial charge in [-0.2, -0.15) is 11.8 Å². The molecule has 1 atom stereocenters. The summed E-state index contributed by atoms with van der Waals surface area (Å²) in [7, 11) is 6.31. The van der Waals surface area contributed by atoms with Gasteiger partial charge in [0.25, 0.3) is 0 Å². The summed E-state index contributed by atoms with van der Waals surface area (Å²) < 4.78 is 5.96. The number of esters is 1. The lowest BCUT2D eigenvalue weighted by molar-refractivity contribution is -0.870. The third-order valence-corrected chi connectivity index (χ3v) is 3.32. The van der Waals surface area contributed by atoms with Crippen molar-refractivity contribution in [1.82, 2.24) is 0 Å². The summed E-state index contributed by atoms with van der Waals surface area (Å²) in [4.78, 5) is 11.3. The highest BCUT2D eigenvalue weighted by Gasteiger charge is 2.08. The predicted molar refractivity (Wildman–Crippen MR) is 73.5 cm³/mol. The van der Waals surface area contributed by atoms with Crippen LogP contribution in [0.25, 0.3) is 0 Å². The second-order valence-electron chi connectivity index (χ2n) is 5.25. The molecule has 0 fully saturated rings. The van der Waals surface area contributed by atoms with Crippen LogP contribution in [0.4, 0.5) is 0 Å². The van der Waals surface area contributed by atoms with Gasteiger partial charge in [0.15, 0.2) is 0 Å². The lowest BCUT2D eigenvalue weighted by Crippen LogP contribution is -2.35. The molecule has 108 valence electrons. The Bertz CT molecular complexity index is 231. The van der Waals surface area contributed by atoms with E-state index in [1.807, 2.05) is 0 Å². The molecule has 5 nitrogen and oxygen atoms in total. The maximum atomic E-state index is 11.3. The number of nitrogens with zero attached hydrogens (tertiary/aromatic N) is 1. The summed E-state index contributed by atoms with van der Waals surface area (Å²) in [6.07, 6.45) is 0.522. The van der Waals surface area contributed by atoms with Gasteiger partial charge in [-0.3, -0.25) is 4.79 Å². The van der Waals surface area contributed by atoms with Gasteiger partial charge in [0.1, 0.15) is 0 Å². The Kier molecular flexibility index (Phi) is 9.45. The van der Waals surface area contributed by atoms with E-state index < -0.39 is 6.10 Å². The second kappa shape index (κ2) is 9.61. The highest BCUT2D eigenvalue weighted by Crippen LogP contribution is 2.05. The van der Waals surface area contributed by atoms with Crippen molar-refractivity contribution in [2.75, 3.05) is 52.4 Å². The minimum Gasteiger partial charge on any atom is -0.465 e. The van der Waals surface area contributed by atoms with E-state index in [-0.39, 0.29) is 12.6 Å². The number of hydrogen-bond acceptors (Lipinski definition) is 5. The molecule has 0 aliphatic rings. The molecule has 0 heterocycles. The molecule has 0 aliphatic carbocycles. The normalized spacial score (nSPS) is 13.4. The first-order valence-electron chi connectivity index (χ1n) is 6.18. The number of aliphatic hydroxyl groups excluding tert-OH is 2. The van der Waals surface area contributed by atoms with E-state index in [9.17, 15) is 4.79 Å². The van der Waals surface area contributed by atoms with Crippen molar-refractivity contribution >= 4 is 17.7 Å². The van der Waals surface area contributed by atoms with Gasteiger partial charge in [-0.15, -0.1) is 0 Å². The van der Waals surface area contributed by atoms with Crippen molar-refractivity contribution in [2.45, 2.75) is 18.9 Å². The van der Waals surface area contributed by atoms with E-state index in [0.29, 0.717) is 24.5 Å². The zero-order chi connectivity index (χ0) is 14.0. The maximum absolute atomic E-state index is 11.3. The Morgan fingerprint density at radius 1 is 1.39 bits per heavy atom. The van der Waals surface area contributed by atoms with Crippen molar-refractivity contribution in [3.05, 3.63) is 0 Å². The van der Waals surface area contributed by atoms with Crippen LogP contribution in [0.1, 0.15) is 12.8 Å². The first-order valence-corrected chi connectivity index (χ1v) is 7.33. The Hall–Kier alpha value is -0.300. The highest BCUT2D eigenvalue weighted by atomic mass is 32.2. The van der Waals surface area contributed by atoms with Crippen molar-refractivity contribution in [3.63, 3.8) is 0 Å². The van der Waals surface area contributed by atoms with Gasteiger partial charge in [0, 0.05) is 17.9 Å². The summed E-state index contributed by atoms with van der Waals surface area (Å²) in [6.45, 7) is 1.21. The van der Waals surface area contributed by atoms with Gasteiger partial charge < -0.3 is 19.4 Å². The van der Waals surface area contributed by atoms with Gasteiger partial charge in [-0.1, -0.05) is 0 Å². The van der Waals surface area contributed by atoms with Crippen LogP contribution >= 0.6 is 11.8 Å². The van der Waals surface area contributed by atoms with Crippen LogP contribution in [-0.2, 0) is 9.53 Å². The van der Waals surface area contributed by atoms with Gasteiger partial charge >= 0.3 is 5.97 Å². The number of ether oxygens (including phenoxy) is 1. The van der Waals surface area contributed by atoms with Crippen LogP contribution in [0.2, 0.25) is 0 Å². The monoisotopic (exact) mass is 280 g/mol. The number of hydrogen-bond donors (Lipinski definition) is 2. The van der Waals surface area contributed by atoms with Crippen LogP contribution in [-0.4, -0.2) is 79.2 Å². The zero-order valence-electron chi connectivity index (χ0n) is 11.6. The number of quaternary nitrogens is 1. The Labute approximate surface area is 114 Å². The van der Waals surface area contributed by atoms with Crippen molar-refractivity contribution in [1.29, 1.82) is 0 Å². The summed E-state index contributed by atoms with van der Waals surface area (Å²) in [5.41, 5.74) is 0. The van der Waals surface area contributed by atoms with E-state index in [2.05, 4.69) is 21.1 Å². The van der Waals surface area contributed by atoms with E-state index in [1.54, 1.807) is 0 Å². The van der Waals surface area contributed by atoms with Crippen LogP contribution in [0.3, 0.4) is 0 Å². The van der Waals surface area contributed by atoms with Crippen molar-refractivity contribution < 1.29 is 24.2 Å². The third kappa shape index (κ3) is 12.2. The Morgan fingerprint density at radius 2 is 2.06 bits per heavy atom. The quantitative estimate of drug-likeness (QED) is 0.338. The molecular weight excluding hydrogens is 254 g/mol. The standard InChI is InChI=1S/C12H26NO4S/c1-13(2,3)6-4-7-17-12(16)5-8-18-10-11(15)9-14/h11,14-15H,4-10H2,1-3H3/q+1. The average molecular weight is 280 g/mol. The number of rotatable bonds is 10. The van der Waals surface area contributed by atoms with Crippen molar-refractivity contribution in [2.24, 2.45) is 0 Å². The molecule has 0 aromatic rings. The molecule has 0 aromatic heterocycles. The molecule has 2 N–H and O–H groups in total. The first-order chi connectivity index (χ1) is 8.35. The van der Waals surface area contributed by atoms with Crippen LogP contribution in [0.5, 0.6) is 0 Å². The number of thioether (sulfide) groups is 1. The number of carbonyl (C=O) groups is 1. The topological polar surface area (TPSA) is 66.8 Å².